The van der Waals surface area contributed by atoms with Crippen LogP contribution in [0.25, 0.3) is 5.69 Å². The third-order valence-electron chi connectivity index (χ3n) is 6.83. The zero-order valence-corrected chi connectivity index (χ0v) is 21.4. The Kier molecular flexibility index (Phi) is 7.30. The minimum Gasteiger partial charge on any atom is -0.483 e. The van der Waals surface area contributed by atoms with Gasteiger partial charge in [-0.05, 0) is 43.9 Å². The van der Waals surface area contributed by atoms with Crippen LogP contribution in [0.4, 0.5) is 20.3 Å². The van der Waals surface area contributed by atoms with E-state index in [1.165, 1.54) is 16.7 Å². The van der Waals surface area contributed by atoms with Crippen LogP contribution in [0.2, 0.25) is 0 Å². The first-order valence-corrected chi connectivity index (χ1v) is 14.0. The van der Waals surface area contributed by atoms with Crippen LogP contribution in [-0.4, -0.2) is 59.8 Å². The van der Waals surface area contributed by atoms with Gasteiger partial charge in [0.2, 0.25) is 15.8 Å². The number of hydrogen-bond donors (Lipinski definition) is 1. The average molecular weight is 547 g/mol. The van der Waals surface area contributed by atoms with Crippen molar-refractivity contribution in [3.05, 3.63) is 70.3 Å². The fraction of sp³-hybridized carbons (Fsp3) is 0.400. The van der Waals surface area contributed by atoms with Crippen LogP contribution in [0.5, 0.6) is 5.75 Å². The number of aromatic nitrogens is 3. The molecule has 1 aliphatic heterocycles. The van der Waals surface area contributed by atoms with E-state index in [-0.39, 0.29) is 42.2 Å². The van der Waals surface area contributed by atoms with Gasteiger partial charge in [0.1, 0.15) is 23.1 Å². The summed E-state index contributed by atoms with van der Waals surface area (Å²) >= 11 is 0. The molecule has 1 aliphatic carbocycles. The monoisotopic (exact) mass is 546 g/mol. The predicted molar refractivity (Wildman–Crippen MR) is 138 cm³/mol. The molecule has 2 aromatic heterocycles. The average Bonchev–Trinajstić information content (AvgIpc) is 3.39. The van der Waals surface area contributed by atoms with Crippen molar-refractivity contribution in [3.63, 3.8) is 0 Å². The summed E-state index contributed by atoms with van der Waals surface area (Å²) in [5.41, 5.74) is 5.99. The van der Waals surface area contributed by atoms with Gasteiger partial charge in [-0.3, -0.25) is 4.79 Å². The number of halogens is 2. The molecule has 2 N–H and O–H groups in total. The molecule has 2 fully saturated rings. The summed E-state index contributed by atoms with van der Waals surface area (Å²) in [5, 5.41) is 4.17. The van der Waals surface area contributed by atoms with Crippen LogP contribution >= 0.6 is 0 Å². The predicted octanol–water partition coefficient (Wildman–Crippen LogP) is 2.46. The van der Waals surface area contributed by atoms with Crippen LogP contribution in [0.15, 0.2) is 47.5 Å². The molecule has 3 heterocycles. The molecule has 10 nitrogen and oxygen atoms in total. The third-order valence-corrected chi connectivity index (χ3v) is 8.66. The number of benzene rings is 1. The zero-order chi connectivity index (χ0) is 26.9. The molecule has 0 amide bonds. The van der Waals surface area contributed by atoms with E-state index in [0.717, 1.165) is 48.6 Å². The maximum atomic E-state index is 13.8. The fourth-order valence-electron chi connectivity index (χ4n) is 4.85. The highest BCUT2D eigenvalue weighted by Gasteiger charge is 2.31. The van der Waals surface area contributed by atoms with Gasteiger partial charge in [-0.1, -0.05) is 6.07 Å². The molecular formula is C25H28F2N6O4S. The number of ether oxygens (including phenoxy) is 1. The largest absolute Gasteiger partial charge is 0.483 e. The first kappa shape index (κ1) is 26.0. The molecule has 1 saturated heterocycles. The second-order valence-electron chi connectivity index (χ2n) is 9.42. The van der Waals surface area contributed by atoms with E-state index in [0.29, 0.717) is 24.3 Å². The number of sulfonamides is 1. The van der Waals surface area contributed by atoms with Gasteiger partial charge in [-0.25, -0.2) is 22.2 Å². The van der Waals surface area contributed by atoms with E-state index >= 15 is 0 Å². The summed E-state index contributed by atoms with van der Waals surface area (Å²) in [7, 11) is -3.65. The number of nitrogen functional groups attached to an aromatic ring is 1. The molecule has 5 rings (SSSR count). The van der Waals surface area contributed by atoms with Crippen LogP contribution in [0, 0.1) is 11.6 Å². The van der Waals surface area contributed by atoms with E-state index in [1.54, 1.807) is 12.1 Å². The quantitative estimate of drug-likeness (QED) is 0.480. The molecule has 1 saturated carbocycles. The third kappa shape index (κ3) is 5.48. The van der Waals surface area contributed by atoms with Gasteiger partial charge in [-0.15, -0.1) is 0 Å². The summed E-state index contributed by atoms with van der Waals surface area (Å²) in [6.07, 6.45) is 6.31. The Morgan fingerprint density at radius 2 is 1.74 bits per heavy atom. The van der Waals surface area contributed by atoms with Crippen molar-refractivity contribution in [1.29, 1.82) is 0 Å². The van der Waals surface area contributed by atoms with Crippen molar-refractivity contribution in [2.45, 2.75) is 37.5 Å². The molecule has 0 radical (unpaired) electrons. The van der Waals surface area contributed by atoms with Gasteiger partial charge in [0, 0.05) is 44.0 Å². The maximum Gasteiger partial charge on any atom is 0.316 e. The van der Waals surface area contributed by atoms with Crippen molar-refractivity contribution < 1.29 is 21.9 Å². The lowest BCUT2D eigenvalue weighted by Gasteiger charge is -2.36. The second kappa shape index (κ2) is 10.7. The molecule has 0 atom stereocenters. The van der Waals surface area contributed by atoms with Crippen LogP contribution in [-0.2, 0) is 15.8 Å². The topological polar surface area (TPSA) is 124 Å². The summed E-state index contributed by atoms with van der Waals surface area (Å²) in [5.74, 6) is -1.71. The molecule has 0 bridgehead atoms. The highest BCUT2D eigenvalue weighted by Crippen LogP contribution is 2.31. The normalized spacial score (nSPS) is 17.2. The van der Waals surface area contributed by atoms with Crippen LogP contribution in [0.3, 0.4) is 0 Å². The Morgan fingerprint density at radius 1 is 1.05 bits per heavy atom. The summed E-state index contributed by atoms with van der Waals surface area (Å²) < 4.78 is 62.2. The van der Waals surface area contributed by atoms with E-state index in [9.17, 15) is 22.0 Å². The highest BCUT2D eigenvalue weighted by molar-refractivity contribution is 7.88. The smallest absolute Gasteiger partial charge is 0.316 e. The molecule has 1 aromatic carbocycles. The summed E-state index contributed by atoms with van der Waals surface area (Å²) in [6, 6.07) is 6.03. The van der Waals surface area contributed by atoms with E-state index < -0.39 is 27.2 Å². The fourth-order valence-corrected chi connectivity index (χ4v) is 6.39. The molecule has 3 aromatic rings. The van der Waals surface area contributed by atoms with E-state index in [1.807, 2.05) is 4.90 Å². The Bertz CT molecular complexity index is 1470. The summed E-state index contributed by atoms with van der Waals surface area (Å²) in [6.45, 7) is 0.956. The lowest BCUT2D eigenvalue weighted by atomic mass is 10.2. The number of nitrogens with zero attached hydrogens (tertiary/aromatic N) is 5. The van der Waals surface area contributed by atoms with Gasteiger partial charge < -0.3 is 15.4 Å². The number of hydrogen-bond acceptors (Lipinski definition) is 8. The number of pyridine rings is 1. The van der Waals surface area contributed by atoms with Crippen molar-refractivity contribution >= 4 is 21.5 Å². The zero-order valence-electron chi connectivity index (χ0n) is 20.6. The Balaban J connectivity index is 1.40. The lowest BCUT2D eigenvalue weighted by Crippen LogP contribution is -2.49. The molecule has 202 valence electrons. The molecule has 38 heavy (non-hydrogen) atoms. The van der Waals surface area contributed by atoms with Gasteiger partial charge in [-0.2, -0.15) is 14.1 Å². The van der Waals surface area contributed by atoms with Gasteiger partial charge in [0.15, 0.2) is 0 Å². The number of rotatable bonds is 7. The molecule has 0 spiro atoms. The van der Waals surface area contributed by atoms with Gasteiger partial charge in [0.25, 0.3) is 0 Å². The molecule has 13 heteroatoms. The van der Waals surface area contributed by atoms with Crippen molar-refractivity contribution in [1.82, 2.24) is 19.1 Å². The molecule has 0 unspecified atom stereocenters. The van der Waals surface area contributed by atoms with E-state index in [4.69, 9.17) is 10.5 Å². The number of piperazine rings is 1. The van der Waals surface area contributed by atoms with Gasteiger partial charge in [0.05, 0.1) is 23.7 Å². The Labute approximate surface area is 218 Å². The minimum absolute atomic E-state index is 0.0380. The SMILES string of the molecule is Nc1ncccc1CS(=O)(=O)N1CCN(c2cnn(-c3cc(F)cc(F)c3)c(=O)c2OC2CCCC2)CC1. The van der Waals surface area contributed by atoms with Crippen molar-refractivity contribution in [3.8, 4) is 11.4 Å². The second-order valence-corrected chi connectivity index (χ2v) is 11.4. The minimum atomic E-state index is -3.65. The number of nitrogens with two attached hydrogens (primary N) is 1. The first-order chi connectivity index (χ1) is 18.2. The highest BCUT2D eigenvalue weighted by atomic mass is 32.2. The first-order valence-electron chi connectivity index (χ1n) is 12.4. The Hall–Kier alpha value is -3.58. The lowest BCUT2D eigenvalue weighted by molar-refractivity contribution is 0.205. The van der Waals surface area contributed by atoms with Crippen LogP contribution in [0.1, 0.15) is 31.2 Å². The molecular weight excluding hydrogens is 518 g/mol. The van der Waals surface area contributed by atoms with Crippen molar-refractivity contribution in [2.75, 3.05) is 36.8 Å². The van der Waals surface area contributed by atoms with Crippen molar-refractivity contribution in [2.24, 2.45) is 0 Å². The maximum absolute atomic E-state index is 13.8. The van der Waals surface area contributed by atoms with Gasteiger partial charge >= 0.3 is 5.56 Å². The standard InChI is InChI=1S/C25H28F2N6O4S/c26-18-12-19(27)14-20(13-18)33-25(34)23(37-21-5-1-2-6-21)22(15-30-33)31-8-10-32(11-9-31)38(35,36)16-17-4-3-7-29-24(17)28/h3-4,7,12-15,21H,1-2,5-6,8-11,16H2,(H2,28,29). The summed E-state index contributed by atoms with van der Waals surface area (Å²) in [4.78, 5) is 19.3. The van der Waals surface area contributed by atoms with Crippen LogP contribution < -0.4 is 20.9 Å². The molecule has 2 aliphatic rings. The number of anilines is 2. The van der Waals surface area contributed by atoms with E-state index in [2.05, 4.69) is 10.1 Å². The Morgan fingerprint density at radius 3 is 2.39 bits per heavy atom.